The number of esters is 1. The number of carbonyl (C=O) groups excluding carboxylic acids is 2. The van der Waals surface area contributed by atoms with E-state index in [0.29, 0.717) is 19.7 Å². The molecule has 0 spiro atoms. The van der Waals surface area contributed by atoms with Crippen molar-refractivity contribution in [1.29, 1.82) is 0 Å². The zero-order chi connectivity index (χ0) is 16.3. The van der Waals surface area contributed by atoms with E-state index in [-0.39, 0.29) is 23.2 Å². The molecule has 1 heterocycles. The Morgan fingerprint density at radius 1 is 1.17 bits per heavy atom. The van der Waals surface area contributed by atoms with Crippen LogP contribution in [0.4, 0.5) is 0 Å². The van der Waals surface area contributed by atoms with Crippen molar-refractivity contribution in [3.05, 3.63) is 35.9 Å². The smallest absolute Gasteiger partial charge is 0.309 e. The SMILES string of the molecule is CCOC(=O)C1CCN(C(=O)C2(c3ccccc3)CCC2)CC1. The average Bonchev–Trinajstić information content (AvgIpc) is 2.55. The molecule has 1 saturated heterocycles. The van der Waals surface area contributed by atoms with Crippen molar-refractivity contribution in [3.63, 3.8) is 0 Å². The van der Waals surface area contributed by atoms with E-state index in [1.54, 1.807) is 0 Å². The summed E-state index contributed by atoms with van der Waals surface area (Å²) in [5, 5.41) is 0. The minimum Gasteiger partial charge on any atom is -0.466 e. The first-order valence-corrected chi connectivity index (χ1v) is 8.69. The van der Waals surface area contributed by atoms with Crippen molar-refractivity contribution < 1.29 is 14.3 Å². The number of piperidine rings is 1. The van der Waals surface area contributed by atoms with Crippen molar-refractivity contribution in [2.45, 2.75) is 44.4 Å². The molecule has 3 rings (SSSR count). The largest absolute Gasteiger partial charge is 0.466 e. The third kappa shape index (κ3) is 2.99. The van der Waals surface area contributed by atoms with E-state index in [1.807, 2.05) is 30.0 Å². The summed E-state index contributed by atoms with van der Waals surface area (Å²) in [7, 11) is 0. The van der Waals surface area contributed by atoms with Crippen molar-refractivity contribution >= 4 is 11.9 Å². The van der Waals surface area contributed by atoms with Crippen LogP contribution < -0.4 is 0 Å². The number of hydrogen-bond acceptors (Lipinski definition) is 3. The Bertz CT molecular complexity index is 557. The summed E-state index contributed by atoms with van der Waals surface area (Å²) in [6, 6.07) is 10.2. The molecule has 0 aromatic heterocycles. The first-order chi connectivity index (χ1) is 11.2. The molecule has 4 nitrogen and oxygen atoms in total. The van der Waals surface area contributed by atoms with E-state index in [9.17, 15) is 9.59 Å². The molecule has 124 valence electrons. The summed E-state index contributed by atoms with van der Waals surface area (Å²) in [5.74, 6) is 0.0892. The van der Waals surface area contributed by atoms with Gasteiger partial charge >= 0.3 is 5.97 Å². The zero-order valence-electron chi connectivity index (χ0n) is 13.8. The molecule has 0 bridgehead atoms. The van der Waals surface area contributed by atoms with Gasteiger partial charge in [-0.1, -0.05) is 36.8 Å². The number of benzene rings is 1. The molecule has 1 aromatic carbocycles. The van der Waals surface area contributed by atoms with E-state index < -0.39 is 0 Å². The van der Waals surface area contributed by atoms with E-state index in [1.165, 1.54) is 0 Å². The van der Waals surface area contributed by atoms with Gasteiger partial charge in [0.15, 0.2) is 0 Å². The Morgan fingerprint density at radius 2 is 1.83 bits per heavy atom. The average molecular weight is 315 g/mol. The van der Waals surface area contributed by atoms with Gasteiger partial charge in [-0.05, 0) is 38.2 Å². The van der Waals surface area contributed by atoms with Crippen molar-refractivity contribution in [3.8, 4) is 0 Å². The molecule has 0 N–H and O–H groups in total. The highest BCUT2D eigenvalue weighted by Crippen LogP contribution is 2.45. The van der Waals surface area contributed by atoms with Crippen LogP contribution in [0, 0.1) is 5.92 Å². The number of carbonyl (C=O) groups is 2. The highest BCUT2D eigenvalue weighted by atomic mass is 16.5. The third-order valence-electron chi connectivity index (χ3n) is 5.34. The maximum absolute atomic E-state index is 13.1. The van der Waals surface area contributed by atoms with E-state index >= 15 is 0 Å². The molecule has 1 aliphatic heterocycles. The van der Waals surface area contributed by atoms with Crippen LogP contribution in [-0.4, -0.2) is 36.5 Å². The number of amides is 1. The van der Waals surface area contributed by atoms with Crippen LogP contribution in [0.25, 0.3) is 0 Å². The number of ether oxygens (including phenoxy) is 1. The standard InChI is InChI=1S/C19H25NO3/c1-2-23-17(21)15-9-13-20(14-10-15)18(22)19(11-6-12-19)16-7-4-3-5-8-16/h3-5,7-8,15H,2,6,9-14H2,1H3. The van der Waals surface area contributed by atoms with Gasteiger partial charge in [-0.15, -0.1) is 0 Å². The van der Waals surface area contributed by atoms with Gasteiger partial charge in [0.25, 0.3) is 0 Å². The molecule has 2 fully saturated rings. The molecule has 0 radical (unpaired) electrons. The summed E-state index contributed by atoms with van der Waals surface area (Å²) < 4.78 is 5.10. The highest BCUT2D eigenvalue weighted by molar-refractivity contribution is 5.89. The predicted octanol–water partition coefficient (Wildman–Crippen LogP) is 2.91. The molecule has 2 aliphatic rings. The molecule has 0 unspecified atom stereocenters. The van der Waals surface area contributed by atoms with Gasteiger partial charge in [-0.2, -0.15) is 0 Å². The fraction of sp³-hybridized carbons (Fsp3) is 0.579. The van der Waals surface area contributed by atoms with E-state index in [0.717, 1.165) is 37.7 Å². The lowest BCUT2D eigenvalue weighted by atomic mass is 9.63. The second kappa shape index (κ2) is 6.73. The first kappa shape index (κ1) is 16.0. The molecular formula is C19H25NO3. The monoisotopic (exact) mass is 315 g/mol. The van der Waals surface area contributed by atoms with Gasteiger partial charge in [0.1, 0.15) is 0 Å². The van der Waals surface area contributed by atoms with Gasteiger partial charge in [-0.3, -0.25) is 9.59 Å². The van der Waals surface area contributed by atoms with Crippen molar-refractivity contribution in [2.75, 3.05) is 19.7 Å². The molecule has 4 heteroatoms. The van der Waals surface area contributed by atoms with Crippen LogP contribution >= 0.6 is 0 Å². The Labute approximate surface area is 137 Å². The first-order valence-electron chi connectivity index (χ1n) is 8.69. The Morgan fingerprint density at radius 3 is 2.35 bits per heavy atom. The lowest BCUT2D eigenvalue weighted by Gasteiger charge is -2.45. The quantitative estimate of drug-likeness (QED) is 0.803. The van der Waals surface area contributed by atoms with Gasteiger partial charge in [0.05, 0.1) is 17.9 Å². The maximum Gasteiger partial charge on any atom is 0.309 e. The number of likely N-dealkylation sites (tertiary alicyclic amines) is 1. The second-order valence-electron chi connectivity index (χ2n) is 6.62. The second-order valence-corrected chi connectivity index (χ2v) is 6.62. The molecule has 1 amide bonds. The third-order valence-corrected chi connectivity index (χ3v) is 5.34. The molecule has 0 atom stereocenters. The van der Waals surface area contributed by atoms with Crippen LogP contribution in [0.5, 0.6) is 0 Å². The Hall–Kier alpha value is -1.84. The number of nitrogens with zero attached hydrogens (tertiary/aromatic N) is 1. The summed E-state index contributed by atoms with van der Waals surface area (Å²) in [5.41, 5.74) is 0.821. The lowest BCUT2D eigenvalue weighted by Crippen LogP contribution is -2.53. The molecule has 23 heavy (non-hydrogen) atoms. The number of hydrogen-bond donors (Lipinski definition) is 0. The van der Waals surface area contributed by atoms with Gasteiger partial charge in [-0.25, -0.2) is 0 Å². The minimum absolute atomic E-state index is 0.0481. The van der Waals surface area contributed by atoms with Gasteiger partial charge in [0.2, 0.25) is 5.91 Å². The van der Waals surface area contributed by atoms with Crippen LogP contribution in [0.15, 0.2) is 30.3 Å². The summed E-state index contributed by atoms with van der Waals surface area (Å²) in [4.78, 5) is 26.9. The molecule has 1 saturated carbocycles. The fourth-order valence-electron chi connectivity index (χ4n) is 3.79. The lowest BCUT2D eigenvalue weighted by molar-refractivity contribution is -0.153. The summed E-state index contributed by atoms with van der Waals surface area (Å²) in [6.07, 6.45) is 4.42. The van der Waals surface area contributed by atoms with Crippen LogP contribution in [0.2, 0.25) is 0 Å². The van der Waals surface area contributed by atoms with E-state index in [2.05, 4.69) is 12.1 Å². The minimum atomic E-state index is -0.321. The van der Waals surface area contributed by atoms with E-state index in [4.69, 9.17) is 4.74 Å². The van der Waals surface area contributed by atoms with Crippen molar-refractivity contribution in [2.24, 2.45) is 5.92 Å². The predicted molar refractivity (Wildman–Crippen MR) is 87.9 cm³/mol. The van der Waals surface area contributed by atoms with Crippen molar-refractivity contribution in [1.82, 2.24) is 4.90 Å². The summed E-state index contributed by atoms with van der Waals surface area (Å²) >= 11 is 0. The zero-order valence-corrected chi connectivity index (χ0v) is 13.8. The number of rotatable bonds is 4. The summed E-state index contributed by atoms with van der Waals surface area (Å²) in [6.45, 7) is 3.58. The van der Waals surface area contributed by atoms with Crippen LogP contribution in [0.3, 0.4) is 0 Å². The molecule has 1 aliphatic carbocycles. The van der Waals surface area contributed by atoms with Gasteiger partial charge in [0, 0.05) is 13.1 Å². The highest BCUT2D eigenvalue weighted by Gasteiger charge is 2.48. The topological polar surface area (TPSA) is 46.6 Å². The van der Waals surface area contributed by atoms with Crippen LogP contribution in [0.1, 0.15) is 44.6 Å². The Kier molecular flexibility index (Phi) is 4.69. The normalized spacial score (nSPS) is 20.7. The Balaban J connectivity index is 1.66. The maximum atomic E-state index is 13.1. The van der Waals surface area contributed by atoms with Gasteiger partial charge < -0.3 is 9.64 Å². The molecule has 1 aromatic rings. The van der Waals surface area contributed by atoms with Crippen LogP contribution in [-0.2, 0) is 19.7 Å². The molecular weight excluding hydrogens is 290 g/mol. The fourth-order valence-corrected chi connectivity index (χ4v) is 3.79.